The molecule has 140 valence electrons. The van der Waals surface area contributed by atoms with Crippen LogP contribution in [0.3, 0.4) is 0 Å². The molecule has 0 radical (unpaired) electrons. The van der Waals surface area contributed by atoms with E-state index in [1.165, 1.54) is 19.3 Å². The lowest BCUT2D eigenvalue weighted by Gasteiger charge is -2.34. The first-order valence-electron chi connectivity index (χ1n) is 9.21. The number of halogens is 1. The monoisotopic (exact) mass is 360 g/mol. The van der Waals surface area contributed by atoms with E-state index in [-0.39, 0.29) is 36.4 Å². The molecule has 1 saturated heterocycles. The van der Waals surface area contributed by atoms with Crippen molar-refractivity contribution < 1.29 is 9.59 Å². The lowest BCUT2D eigenvalue weighted by atomic mass is 9.96. The van der Waals surface area contributed by atoms with Crippen LogP contribution in [0, 0.1) is 0 Å². The van der Waals surface area contributed by atoms with Gasteiger partial charge in [-0.3, -0.25) is 4.79 Å². The van der Waals surface area contributed by atoms with Gasteiger partial charge in [-0.1, -0.05) is 32.6 Å². The standard InChI is InChI=1S/C17H32N4O2.ClH/c1-2-6-15(18)16(22)21-11-9-14(10-12-21)20-17(23)19-13-7-4-3-5-8-13;/h13-15H,2-12,18H2,1H3,(H2,19,20,23);1H. The Balaban J connectivity index is 0.00000288. The van der Waals surface area contributed by atoms with Gasteiger partial charge in [-0.15, -0.1) is 12.4 Å². The topological polar surface area (TPSA) is 87.5 Å². The van der Waals surface area contributed by atoms with Crippen LogP contribution in [0.2, 0.25) is 0 Å². The number of piperidine rings is 1. The molecule has 1 heterocycles. The Morgan fingerprint density at radius 1 is 1.04 bits per heavy atom. The number of nitrogens with two attached hydrogens (primary N) is 1. The second-order valence-corrected chi connectivity index (χ2v) is 6.95. The van der Waals surface area contributed by atoms with E-state index in [1.54, 1.807) is 0 Å². The van der Waals surface area contributed by atoms with Gasteiger partial charge in [-0.2, -0.15) is 0 Å². The molecule has 1 saturated carbocycles. The lowest BCUT2D eigenvalue weighted by Crippen LogP contribution is -2.53. The molecule has 7 heteroatoms. The maximum absolute atomic E-state index is 12.2. The van der Waals surface area contributed by atoms with Gasteiger partial charge in [0.2, 0.25) is 5.91 Å². The average Bonchev–Trinajstić information content (AvgIpc) is 2.56. The largest absolute Gasteiger partial charge is 0.341 e. The van der Waals surface area contributed by atoms with Crippen LogP contribution < -0.4 is 16.4 Å². The Morgan fingerprint density at radius 2 is 1.58 bits per heavy atom. The van der Waals surface area contributed by atoms with Crippen LogP contribution >= 0.6 is 12.4 Å². The number of amides is 3. The number of rotatable bonds is 5. The van der Waals surface area contributed by atoms with Gasteiger partial charge in [-0.25, -0.2) is 4.79 Å². The SMILES string of the molecule is CCCC(N)C(=O)N1CCC(NC(=O)NC2CCCCC2)CC1.Cl. The highest BCUT2D eigenvalue weighted by Gasteiger charge is 2.27. The van der Waals surface area contributed by atoms with Gasteiger partial charge in [0.05, 0.1) is 6.04 Å². The van der Waals surface area contributed by atoms with Crippen LogP contribution in [-0.2, 0) is 4.79 Å². The zero-order valence-corrected chi connectivity index (χ0v) is 15.6. The molecule has 1 unspecified atom stereocenters. The fraction of sp³-hybridized carbons (Fsp3) is 0.882. The van der Waals surface area contributed by atoms with Gasteiger partial charge in [-0.05, 0) is 32.1 Å². The molecule has 1 aliphatic heterocycles. The summed E-state index contributed by atoms with van der Waals surface area (Å²) >= 11 is 0. The minimum Gasteiger partial charge on any atom is -0.341 e. The summed E-state index contributed by atoms with van der Waals surface area (Å²) in [6.45, 7) is 3.41. The zero-order chi connectivity index (χ0) is 16.7. The minimum atomic E-state index is -0.376. The molecule has 2 rings (SSSR count). The zero-order valence-electron chi connectivity index (χ0n) is 14.8. The number of hydrogen-bond donors (Lipinski definition) is 3. The quantitative estimate of drug-likeness (QED) is 0.702. The van der Waals surface area contributed by atoms with E-state index in [0.29, 0.717) is 19.1 Å². The van der Waals surface area contributed by atoms with Gasteiger partial charge < -0.3 is 21.3 Å². The fourth-order valence-electron chi connectivity index (χ4n) is 3.57. The number of likely N-dealkylation sites (tertiary alicyclic amines) is 1. The van der Waals surface area contributed by atoms with Crippen molar-refractivity contribution in [3.8, 4) is 0 Å². The second-order valence-electron chi connectivity index (χ2n) is 6.95. The van der Waals surface area contributed by atoms with Crippen LogP contribution in [-0.4, -0.2) is 48.1 Å². The van der Waals surface area contributed by atoms with Crippen LogP contribution in [0.1, 0.15) is 64.7 Å². The Morgan fingerprint density at radius 3 is 2.12 bits per heavy atom. The summed E-state index contributed by atoms with van der Waals surface area (Å²) < 4.78 is 0. The van der Waals surface area contributed by atoms with E-state index < -0.39 is 0 Å². The molecule has 24 heavy (non-hydrogen) atoms. The van der Waals surface area contributed by atoms with Gasteiger partial charge in [0, 0.05) is 25.2 Å². The first-order valence-corrected chi connectivity index (χ1v) is 9.21. The Bertz CT molecular complexity index is 394. The Kier molecular flexibility index (Phi) is 9.44. The van der Waals surface area contributed by atoms with Crippen molar-refractivity contribution in [2.75, 3.05) is 13.1 Å². The number of carbonyl (C=O) groups excluding carboxylic acids is 2. The smallest absolute Gasteiger partial charge is 0.315 e. The summed E-state index contributed by atoms with van der Waals surface area (Å²) in [5.41, 5.74) is 5.91. The van der Waals surface area contributed by atoms with Crippen LogP contribution in [0.5, 0.6) is 0 Å². The Hall–Kier alpha value is -1.01. The van der Waals surface area contributed by atoms with E-state index in [9.17, 15) is 9.59 Å². The van der Waals surface area contributed by atoms with Crippen molar-refractivity contribution in [3.63, 3.8) is 0 Å². The van der Waals surface area contributed by atoms with Gasteiger partial charge >= 0.3 is 6.03 Å². The van der Waals surface area contributed by atoms with Crippen LogP contribution in [0.15, 0.2) is 0 Å². The average molecular weight is 361 g/mol. The van der Waals surface area contributed by atoms with Crippen molar-refractivity contribution in [3.05, 3.63) is 0 Å². The highest BCUT2D eigenvalue weighted by Crippen LogP contribution is 2.17. The normalized spacial score (nSPS) is 20.8. The van der Waals surface area contributed by atoms with E-state index >= 15 is 0 Å². The summed E-state index contributed by atoms with van der Waals surface area (Å²) in [4.78, 5) is 26.1. The number of nitrogens with one attached hydrogen (secondary N) is 2. The molecular formula is C17H33ClN4O2. The van der Waals surface area contributed by atoms with Gasteiger partial charge in [0.15, 0.2) is 0 Å². The molecule has 0 aromatic heterocycles. The van der Waals surface area contributed by atoms with Crippen molar-refractivity contribution in [1.82, 2.24) is 15.5 Å². The molecule has 0 aromatic carbocycles. The number of hydrogen-bond acceptors (Lipinski definition) is 3. The summed E-state index contributed by atoms with van der Waals surface area (Å²) in [6, 6.07) is 0.0611. The third kappa shape index (κ3) is 6.48. The second kappa shape index (κ2) is 10.8. The summed E-state index contributed by atoms with van der Waals surface area (Å²) in [5.74, 6) is 0.0527. The summed E-state index contributed by atoms with van der Waals surface area (Å²) in [6.07, 6.45) is 9.17. The van der Waals surface area contributed by atoms with Gasteiger partial charge in [0.25, 0.3) is 0 Å². The molecule has 0 spiro atoms. The maximum atomic E-state index is 12.2. The third-order valence-electron chi connectivity index (χ3n) is 5.00. The predicted octanol–water partition coefficient (Wildman–Crippen LogP) is 2.16. The molecular weight excluding hydrogens is 328 g/mol. The van der Waals surface area contributed by atoms with E-state index in [1.807, 2.05) is 11.8 Å². The van der Waals surface area contributed by atoms with Crippen molar-refractivity contribution in [2.24, 2.45) is 5.73 Å². The van der Waals surface area contributed by atoms with Gasteiger partial charge in [0.1, 0.15) is 0 Å². The molecule has 1 atom stereocenters. The van der Waals surface area contributed by atoms with E-state index in [2.05, 4.69) is 10.6 Å². The minimum absolute atomic E-state index is 0. The number of carbonyl (C=O) groups is 2. The fourth-order valence-corrected chi connectivity index (χ4v) is 3.57. The number of urea groups is 1. The third-order valence-corrected chi connectivity index (χ3v) is 5.00. The molecule has 4 N–H and O–H groups in total. The lowest BCUT2D eigenvalue weighted by molar-refractivity contribution is -0.133. The first-order chi connectivity index (χ1) is 11.1. The van der Waals surface area contributed by atoms with Crippen molar-refractivity contribution in [1.29, 1.82) is 0 Å². The highest BCUT2D eigenvalue weighted by molar-refractivity contribution is 5.85. The maximum Gasteiger partial charge on any atom is 0.315 e. The molecule has 3 amide bonds. The van der Waals surface area contributed by atoms with E-state index in [0.717, 1.165) is 38.5 Å². The van der Waals surface area contributed by atoms with Crippen LogP contribution in [0.25, 0.3) is 0 Å². The number of nitrogens with zero attached hydrogens (tertiary/aromatic N) is 1. The van der Waals surface area contributed by atoms with Crippen molar-refractivity contribution in [2.45, 2.75) is 82.8 Å². The molecule has 2 fully saturated rings. The first kappa shape index (κ1) is 21.0. The molecule has 6 nitrogen and oxygen atoms in total. The van der Waals surface area contributed by atoms with Crippen LogP contribution in [0.4, 0.5) is 4.79 Å². The Labute approximate surface area is 151 Å². The molecule has 0 aromatic rings. The van der Waals surface area contributed by atoms with E-state index in [4.69, 9.17) is 5.73 Å². The molecule has 1 aliphatic carbocycles. The molecule has 0 bridgehead atoms. The predicted molar refractivity (Wildman–Crippen MR) is 98.3 cm³/mol. The van der Waals surface area contributed by atoms with Crippen molar-refractivity contribution >= 4 is 24.3 Å². The summed E-state index contributed by atoms with van der Waals surface area (Å²) in [7, 11) is 0. The summed E-state index contributed by atoms with van der Waals surface area (Å²) in [5, 5.41) is 6.15. The molecule has 2 aliphatic rings. The highest BCUT2D eigenvalue weighted by atomic mass is 35.5.